The number of fused-ring (bicyclic) bond motifs is 7. The van der Waals surface area contributed by atoms with Gasteiger partial charge in [0.15, 0.2) is 0 Å². The summed E-state index contributed by atoms with van der Waals surface area (Å²) in [6, 6.07) is 56.2. The van der Waals surface area contributed by atoms with Gasteiger partial charge in [-0.2, -0.15) is 0 Å². The molecule has 3 aliphatic rings. The van der Waals surface area contributed by atoms with Crippen LogP contribution in [0.1, 0.15) is 0 Å². The van der Waals surface area contributed by atoms with Crippen molar-refractivity contribution < 1.29 is 0 Å². The maximum absolute atomic E-state index is 2.64. The maximum atomic E-state index is 2.64. The van der Waals surface area contributed by atoms with Crippen molar-refractivity contribution >= 4 is 78.5 Å². The van der Waals surface area contributed by atoms with Gasteiger partial charge in [0, 0.05) is 39.4 Å². The molecule has 2 nitrogen and oxygen atoms in total. The van der Waals surface area contributed by atoms with E-state index in [0.717, 1.165) is 0 Å². The lowest BCUT2D eigenvalue weighted by Gasteiger charge is -2.48. The largest absolute Gasteiger partial charge is 0.376 e. The molecule has 0 aliphatic carbocycles. The molecule has 0 saturated heterocycles. The molecule has 0 aromatic heterocycles. The van der Waals surface area contributed by atoms with E-state index < -0.39 is 0 Å². The molecule has 0 atom stereocenters. The average molecular weight is 568 g/mol. The van der Waals surface area contributed by atoms with Crippen LogP contribution in [0.2, 0.25) is 0 Å². The Kier molecular flexibility index (Phi) is 4.43. The zero-order valence-corrected chi connectivity index (χ0v) is 24.4. The van der Waals surface area contributed by atoms with Crippen molar-refractivity contribution in [1.29, 1.82) is 0 Å². The molecule has 0 saturated carbocycles. The molecule has 0 unspecified atom stereocenters. The van der Waals surface area contributed by atoms with Gasteiger partial charge in [-0.15, -0.1) is 0 Å². The number of para-hydroxylation sites is 1. The van der Waals surface area contributed by atoms with Crippen LogP contribution in [0.5, 0.6) is 0 Å². The van der Waals surface area contributed by atoms with Gasteiger partial charge in [-0.25, -0.2) is 0 Å². The van der Waals surface area contributed by atoms with E-state index in [0.29, 0.717) is 0 Å². The Morgan fingerprint density at radius 3 is 1.80 bits per heavy atom. The highest BCUT2D eigenvalue weighted by atomic mass is 15.2. The highest BCUT2D eigenvalue weighted by molar-refractivity contribution is 6.96. The van der Waals surface area contributed by atoms with E-state index in [1.807, 2.05) is 0 Å². The zero-order valence-electron chi connectivity index (χ0n) is 24.4. The lowest BCUT2D eigenvalue weighted by molar-refractivity contribution is 1.27. The van der Waals surface area contributed by atoms with Crippen LogP contribution in [0.4, 0.5) is 28.4 Å². The Morgan fingerprint density at radius 2 is 0.956 bits per heavy atom. The molecule has 3 aliphatic heterocycles. The fourth-order valence-electron chi connectivity index (χ4n) is 8.59. The van der Waals surface area contributed by atoms with Crippen LogP contribution < -0.4 is 20.6 Å². The van der Waals surface area contributed by atoms with Crippen LogP contribution in [0.3, 0.4) is 0 Å². The molecular weight excluding hydrogens is 543 g/mol. The van der Waals surface area contributed by atoms with Crippen LogP contribution in [0.15, 0.2) is 152 Å². The third-order valence-corrected chi connectivity index (χ3v) is 10.3. The summed E-state index contributed by atoms with van der Waals surface area (Å²) in [6.07, 6.45) is 0. The van der Waals surface area contributed by atoms with E-state index in [1.54, 1.807) is 0 Å². The first-order chi connectivity index (χ1) is 22.4. The molecule has 0 fully saturated rings. The van der Waals surface area contributed by atoms with Gasteiger partial charge in [0.05, 0.1) is 0 Å². The van der Waals surface area contributed by atoms with Crippen LogP contribution in [0, 0.1) is 0 Å². The number of anilines is 5. The summed E-state index contributed by atoms with van der Waals surface area (Å²) >= 11 is 0. The van der Waals surface area contributed by atoms with E-state index in [9.17, 15) is 0 Å². The first kappa shape index (κ1) is 23.6. The molecule has 0 bridgehead atoms. The molecular formula is C42H25BN2. The quantitative estimate of drug-likeness (QED) is 0.151. The van der Waals surface area contributed by atoms with E-state index in [-0.39, 0.29) is 6.85 Å². The number of rotatable bonds is 2. The molecule has 0 radical (unpaired) electrons. The number of benzene rings is 8. The lowest BCUT2D eigenvalue weighted by Crippen LogP contribution is -2.62. The average Bonchev–Trinajstić information content (AvgIpc) is 3.12. The lowest BCUT2D eigenvalue weighted by atomic mass is 9.41. The Morgan fingerprint density at radius 1 is 0.356 bits per heavy atom. The van der Waals surface area contributed by atoms with E-state index in [4.69, 9.17) is 0 Å². The van der Waals surface area contributed by atoms with Crippen molar-refractivity contribution in [3.05, 3.63) is 152 Å². The van der Waals surface area contributed by atoms with Crippen LogP contribution in [0.25, 0.3) is 54.6 Å². The second-order valence-electron chi connectivity index (χ2n) is 12.4. The summed E-state index contributed by atoms with van der Waals surface area (Å²) in [6.45, 7) is 0.0869. The van der Waals surface area contributed by atoms with Crippen LogP contribution in [-0.4, -0.2) is 6.85 Å². The smallest absolute Gasteiger partial charge is 0.333 e. The minimum Gasteiger partial charge on any atom is -0.376 e. The summed E-state index contributed by atoms with van der Waals surface area (Å²) < 4.78 is 0. The molecule has 8 aromatic carbocycles. The first-order valence-electron chi connectivity index (χ1n) is 15.7. The van der Waals surface area contributed by atoms with Crippen molar-refractivity contribution in [2.45, 2.75) is 0 Å². The van der Waals surface area contributed by atoms with Gasteiger partial charge in [0.2, 0.25) is 0 Å². The minimum atomic E-state index is 0.0869. The number of nitrogens with zero attached hydrogens (tertiary/aromatic N) is 2. The van der Waals surface area contributed by atoms with Gasteiger partial charge in [0.1, 0.15) is 0 Å². The summed E-state index contributed by atoms with van der Waals surface area (Å²) in [7, 11) is 0. The van der Waals surface area contributed by atoms with E-state index in [2.05, 4.69) is 161 Å². The normalized spacial score (nSPS) is 13.6. The van der Waals surface area contributed by atoms with Crippen molar-refractivity contribution in [3.8, 4) is 22.3 Å². The minimum absolute atomic E-state index is 0.0869. The maximum Gasteiger partial charge on any atom is 0.333 e. The highest BCUT2D eigenvalue weighted by Crippen LogP contribution is 2.52. The molecule has 206 valence electrons. The van der Waals surface area contributed by atoms with Gasteiger partial charge >= 0.3 is 6.85 Å². The summed E-state index contributed by atoms with van der Waals surface area (Å²) in [5.74, 6) is 0. The third kappa shape index (κ3) is 2.91. The predicted octanol–water partition coefficient (Wildman–Crippen LogP) is 9.83. The Bertz CT molecular complexity index is 2550. The molecule has 3 heteroatoms. The topological polar surface area (TPSA) is 6.48 Å². The number of hydrogen-bond acceptors (Lipinski definition) is 2. The Labute approximate surface area is 261 Å². The van der Waals surface area contributed by atoms with Crippen molar-refractivity contribution in [1.82, 2.24) is 0 Å². The monoisotopic (exact) mass is 568 g/mol. The van der Waals surface area contributed by atoms with Gasteiger partial charge in [-0.1, -0.05) is 115 Å². The highest BCUT2D eigenvalue weighted by Gasteiger charge is 2.48. The van der Waals surface area contributed by atoms with Crippen LogP contribution >= 0.6 is 0 Å². The molecule has 8 aromatic rings. The van der Waals surface area contributed by atoms with E-state index in [1.165, 1.54) is 93.9 Å². The second-order valence-corrected chi connectivity index (χ2v) is 12.4. The second kappa shape index (κ2) is 8.43. The zero-order chi connectivity index (χ0) is 29.2. The van der Waals surface area contributed by atoms with Gasteiger partial charge < -0.3 is 9.71 Å². The summed E-state index contributed by atoms with van der Waals surface area (Å²) in [5, 5.41) is 8.05. The predicted molar refractivity (Wildman–Crippen MR) is 192 cm³/mol. The molecule has 0 N–H and O–H groups in total. The fourth-order valence-corrected chi connectivity index (χ4v) is 8.59. The Balaban J connectivity index is 1.30. The first-order valence-corrected chi connectivity index (χ1v) is 15.7. The molecule has 3 heterocycles. The molecule has 45 heavy (non-hydrogen) atoms. The van der Waals surface area contributed by atoms with Crippen molar-refractivity contribution in [2.75, 3.05) is 9.71 Å². The molecule has 11 rings (SSSR count). The fraction of sp³-hybridized carbons (Fsp3) is 0. The summed E-state index contributed by atoms with van der Waals surface area (Å²) in [4.78, 5) is 5.15. The SMILES string of the molecule is c1ccc(-c2ccc(N3c4cccc5c4B4c6c3ccc3c7ccccc7c7cccc(c7c63)N4c3ccccc3-5)cc2)cc1. The Hall–Kier alpha value is -5.80. The van der Waals surface area contributed by atoms with Crippen LogP contribution in [-0.2, 0) is 0 Å². The van der Waals surface area contributed by atoms with Gasteiger partial charge in [-0.05, 0) is 90.9 Å². The molecule has 0 spiro atoms. The summed E-state index contributed by atoms with van der Waals surface area (Å²) in [5.41, 5.74) is 14.2. The van der Waals surface area contributed by atoms with Gasteiger partial charge in [-0.3, -0.25) is 0 Å². The van der Waals surface area contributed by atoms with Crippen molar-refractivity contribution in [2.24, 2.45) is 0 Å². The standard InChI is InChI=1S/C42H25BN2/c1-2-10-26(11-3-1)27-20-22-28(23-21-27)44-37-19-9-16-34-31-14-6-7-17-35(31)45-36-18-8-15-32-29-12-4-5-13-30(29)33-24-25-38(44)42(40(33)39(32)36)43(45)41(34)37/h1-25H. The van der Waals surface area contributed by atoms with E-state index >= 15 is 0 Å². The van der Waals surface area contributed by atoms with Gasteiger partial charge in [0.25, 0.3) is 0 Å². The molecule has 0 amide bonds. The number of hydrogen-bond donors (Lipinski definition) is 0. The third-order valence-electron chi connectivity index (χ3n) is 10.3. The van der Waals surface area contributed by atoms with Crippen molar-refractivity contribution in [3.63, 3.8) is 0 Å².